The van der Waals surface area contributed by atoms with E-state index in [9.17, 15) is 27.6 Å². The molecule has 1 aliphatic heterocycles. The highest BCUT2D eigenvalue weighted by molar-refractivity contribution is 7.90. The van der Waals surface area contributed by atoms with E-state index in [-0.39, 0.29) is 18.5 Å². The van der Waals surface area contributed by atoms with E-state index in [4.69, 9.17) is 19.2 Å². The third kappa shape index (κ3) is 8.54. The van der Waals surface area contributed by atoms with E-state index in [1.807, 2.05) is 48.4 Å². The lowest BCUT2D eigenvalue weighted by atomic mass is 9.85. The Balaban J connectivity index is 1.37. The molecule has 1 saturated heterocycles. The Bertz CT molecular complexity index is 2170. The van der Waals surface area contributed by atoms with E-state index in [1.165, 1.54) is 4.90 Å². The number of carbonyl (C=O) groups excluding carboxylic acids is 4. The molecule has 2 heterocycles. The number of rotatable bonds is 12. The van der Waals surface area contributed by atoms with Crippen LogP contribution in [0.2, 0.25) is 0 Å². The minimum atomic E-state index is -3.88. The van der Waals surface area contributed by atoms with Gasteiger partial charge in [-0.2, -0.15) is 4.72 Å². The van der Waals surface area contributed by atoms with Crippen LogP contribution in [0.15, 0.2) is 60.2 Å². The van der Waals surface area contributed by atoms with Crippen molar-refractivity contribution in [1.29, 1.82) is 0 Å². The van der Waals surface area contributed by atoms with Crippen LogP contribution in [-0.4, -0.2) is 90.5 Å². The molecule has 3 aliphatic rings. The zero-order valence-electron chi connectivity index (χ0n) is 33.1. The largest absolute Gasteiger partial charge is 0.497 e. The second kappa shape index (κ2) is 15.2. The summed E-state index contributed by atoms with van der Waals surface area (Å²) >= 11 is 0. The third-order valence-corrected chi connectivity index (χ3v) is 12.2. The van der Waals surface area contributed by atoms with Crippen molar-refractivity contribution in [2.45, 2.75) is 109 Å². The Morgan fingerprint density at radius 1 is 1.04 bits per heavy atom. The number of nitrogens with one attached hydrogen (secondary N) is 3. The number of sulfonamides is 1. The monoisotopic (exact) mass is 789 g/mol. The van der Waals surface area contributed by atoms with Gasteiger partial charge in [-0.1, -0.05) is 58.0 Å². The minimum absolute atomic E-state index is 0.00387. The van der Waals surface area contributed by atoms with Crippen molar-refractivity contribution in [2.75, 3.05) is 13.7 Å². The van der Waals surface area contributed by atoms with Gasteiger partial charge < -0.3 is 29.7 Å². The number of methoxy groups -OCH3 is 1. The van der Waals surface area contributed by atoms with Crippen LogP contribution in [0.4, 0.5) is 4.79 Å². The molecule has 3 aromatic rings. The van der Waals surface area contributed by atoms with Crippen LogP contribution in [0.5, 0.6) is 11.5 Å². The van der Waals surface area contributed by atoms with Gasteiger partial charge in [-0.25, -0.2) is 23.0 Å². The van der Waals surface area contributed by atoms with Crippen molar-refractivity contribution in [1.82, 2.24) is 25.2 Å². The zero-order chi connectivity index (χ0) is 40.8. The third-order valence-electron chi connectivity index (χ3n) is 10.3. The normalized spacial score (nSPS) is 22.9. The molecular weight excluding hydrogens is 739 g/mol. The molecule has 3 fully saturated rings. The molecule has 5 atom stereocenters. The number of nitrogens with zero attached hydrogens (tertiary/aromatic N) is 2. The lowest BCUT2D eigenvalue weighted by molar-refractivity contribution is -0.142. The summed E-state index contributed by atoms with van der Waals surface area (Å²) in [5, 5.41) is 5.61. The van der Waals surface area contributed by atoms with Crippen LogP contribution >= 0.6 is 0 Å². The van der Waals surface area contributed by atoms with E-state index in [0.29, 0.717) is 47.4 Å². The van der Waals surface area contributed by atoms with E-state index in [0.717, 1.165) is 5.56 Å². The minimum Gasteiger partial charge on any atom is -0.497 e. The number of benzene rings is 2. The van der Waals surface area contributed by atoms with Gasteiger partial charge >= 0.3 is 6.09 Å². The Hall–Kier alpha value is -4.98. The van der Waals surface area contributed by atoms with Crippen LogP contribution in [0.1, 0.15) is 74.1 Å². The molecule has 0 spiro atoms. The molecule has 0 radical (unpaired) electrons. The summed E-state index contributed by atoms with van der Waals surface area (Å²) in [6.07, 6.45) is -0.238. The average molecular weight is 790 g/mol. The summed E-state index contributed by atoms with van der Waals surface area (Å²) in [5.74, 6) is 1.03. The molecule has 3 amide bonds. The number of hydrogen-bond acceptors (Lipinski definition) is 10. The molecule has 0 bridgehead atoms. The average Bonchev–Trinajstić information content (AvgIpc) is 4.04. The van der Waals surface area contributed by atoms with Gasteiger partial charge in [0.05, 0.1) is 35.7 Å². The zero-order valence-corrected chi connectivity index (χ0v) is 33.9. The Labute approximate surface area is 327 Å². The van der Waals surface area contributed by atoms with Gasteiger partial charge in [-0.05, 0) is 57.6 Å². The maximum absolute atomic E-state index is 14.7. The van der Waals surface area contributed by atoms with Crippen molar-refractivity contribution >= 4 is 44.8 Å². The number of amides is 3. The van der Waals surface area contributed by atoms with Crippen molar-refractivity contribution in [2.24, 2.45) is 11.3 Å². The summed E-state index contributed by atoms with van der Waals surface area (Å²) in [6.45, 7) is 12.2. The molecule has 5 unspecified atom stereocenters. The molecule has 1 aromatic heterocycles. The van der Waals surface area contributed by atoms with Gasteiger partial charge in [0, 0.05) is 35.4 Å². The standard InChI is InChI=1S/C41H51N5O9S/c1-9-29-30(23-47)41(29,45-56(51,52)27-16-17-27)44-36(48)33-20-26(22-46(33)37(49)35(39(2,3)4)43-38(50)55-40(5,6)7)54-34-21-31(24-13-11-10-12-14-24)42-32-19-25(53-8)15-18-28(32)34/h10-15,18-19,21,26-27,29,33,35,45H,9,16-17,20,22H2,1-8H3,(H,43,50)(H,44,48). The Morgan fingerprint density at radius 2 is 1.73 bits per heavy atom. The van der Waals surface area contributed by atoms with E-state index in [1.54, 1.807) is 67.7 Å². The van der Waals surface area contributed by atoms with Gasteiger partial charge in [0.2, 0.25) is 21.8 Å². The van der Waals surface area contributed by atoms with Crippen LogP contribution in [0, 0.1) is 11.3 Å². The molecule has 6 rings (SSSR count). The van der Waals surface area contributed by atoms with Crippen LogP contribution in [0.3, 0.4) is 0 Å². The highest BCUT2D eigenvalue weighted by Crippen LogP contribution is 2.50. The Morgan fingerprint density at radius 3 is 2.30 bits per heavy atom. The molecule has 2 saturated carbocycles. The molecule has 2 aliphatic carbocycles. The van der Waals surface area contributed by atoms with Gasteiger partial charge in [-0.15, -0.1) is 0 Å². The van der Waals surface area contributed by atoms with E-state index >= 15 is 0 Å². The number of hydrogen-bond donors (Lipinski definition) is 3. The molecular formula is C41H51N5O9S. The predicted molar refractivity (Wildman–Crippen MR) is 210 cm³/mol. The quantitative estimate of drug-likeness (QED) is 0.169. The number of likely N-dealkylation sites (tertiary alicyclic amines) is 1. The second-order valence-corrected chi connectivity index (χ2v) is 18.8. The first-order valence-corrected chi connectivity index (χ1v) is 20.5. The smallest absolute Gasteiger partial charge is 0.408 e. The van der Waals surface area contributed by atoms with Gasteiger partial charge in [0.15, 0.2) is 0 Å². The number of ether oxygens (including phenoxy) is 3. The highest BCUT2D eigenvalue weighted by atomic mass is 32.2. The number of pyridine rings is 1. The van der Waals surface area contributed by atoms with E-state index in [2.05, 4.69) is 15.4 Å². The number of aromatic nitrogens is 1. The van der Waals surface area contributed by atoms with Gasteiger partial charge in [0.25, 0.3) is 0 Å². The molecule has 14 nitrogen and oxygen atoms in total. The fourth-order valence-corrected chi connectivity index (χ4v) is 8.95. The van der Waals surface area contributed by atoms with Crippen LogP contribution in [0.25, 0.3) is 22.2 Å². The second-order valence-electron chi connectivity index (χ2n) is 16.8. The molecule has 56 heavy (non-hydrogen) atoms. The lowest BCUT2D eigenvalue weighted by Gasteiger charge is -2.36. The molecule has 300 valence electrons. The summed E-state index contributed by atoms with van der Waals surface area (Å²) < 4.78 is 46.7. The first-order valence-electron chi connectivity index (χ1n) is 18.9. The number of fused-ring (bicyclic) bond motifs is 1. The summed E-state index contributed by atoms with van der Waals surface area (Å²) in [4.78, 5) is 60.7. The fourth-order valence-electron chi connectivity index (χ4n) is 7.28. The summed E-state index contributed by atoms with van der Waals surface area (Å²) in [5.41, 5.74) is -1.18. The molecule has 3 N–H and O–H groups in total. The highest BCUT2D eigenvalue weighted by Gasteiger charge is 2.65. The Kier molecular flexibility index (Phi) is 11.0. The maximum Gasteiger partial charge on any atom is 0.408 e. The van der Waals surface area contributed by atoms with E-state index < -0.39 is 74.0 Å². The van der Waals surface area contributed by atoms with Crippen LogP contribution in [-0.2, 0) is 29.1 Å². The van der Waals surface area contributed by atoms with Gasteiger partial charge in [-0.3, -0.25) is 9.59 Å². The van der Waals surface area contributed by atoms with Gasteiger partial charge in [0.1, 0.15) is 46.9 Å². The first-order chi connectivity index (χ1) is 26.3. The first kappa shape index (κ1) is 40.7. The molecule has 2 aromatic carbocycles. The van der Waals surface area contributed by atoms with Crippen molar-refractivity contribution in [3.05, 3.63) is 60.2 Å². The fraction of sp³-hybridized carbons (Fsp3) is 0.512. The summed E-state index contributed by atoms with van der Waals surface area (Å²) in [6, 6.07) is 14.5. The number of carbonyl (C=O) groups is 3. The van der Waals surface area contributed by atoms with Crippen molar-refractivity contribution < 1.29 is 41.8 Å². The lowest BCUT2D eigenvalue weighted by Crippen LogP contribution is -2.60. The van der Waals surface area contributed by atoms with Crippen molar-refractivity contribution in [3.63, 3.8) is 0 Å². The number of alkyl carbamates (subject to hydrolysis) is 1. The topological polar surface area (TPSA) is 182 Å². The maximum atomic E-state index is 14.7. The van der Waals surface area contributed by atoms with Crippen molar-refractivity contribution in [3.8, 4) is 22.8 Å². The summed E-state index contributed by atoms with van der Waals surface area (Å²) in [7, 11) is -2.31. The predicted octanol–water partition coefficient (Wildman–Crippen LogP) is 4.89. The SMILES string of the molecule is CCC1C(=C=O)C1(NC(=O)C1CC(Oc2cc(-c3ccccc3)nc3cc(OC)ccc23)CN1C(=O)C(NC(=O)OC(C)(C)C)C(C)(C)C)NS(=O)(=O)C1CC1. The molecule has 15 heteroatoms. The van der Waals surface area contributed by atoms with Crippen LogP contribution < -0.4 is 24.8 Å².